The Hall–Kier alpha value is -1.46. The number of hydrogen-bond acceptors (Lipinski definition) is 3. The van der Waals surface area contributed by atoms with E-state index in [9.17, 15) is 9.18 Å². The highest BCUT2D eigenvalue weighted by Crippen LogP contribution is 2.20. The highest BCUT2D eigenvalue weighted by atomic mass is 19.1. The van der Waals surface area contributed by atoms with Crippen molar-refractivity contribution in [2.75, 3.05) is 24.6 Å². The smallest absolute Gasteiger partial charge is 0.244 e. The summed E-state index contributed by atoms with van der Waals surface area (Å²) in [6, 6.07) is 5.56. The molecule has 2 unspecified atom stereocenters. The maximum Gasteiger partial charge on any atom is 0.244 e. The molecular weight excluding hydrogens is 247 g/mol. The maximum absolute atomic E-state index is 13.0. The molecule has 2 atom stereocenters. The largest absolute Gasteiger partial charge is 0.396 e. The Morgan fingerprint density at radius 3 is 2.74 bits per heavy atom. The van der Waals surface area contributed by atoms with Crippen LogP contribution in [0.15, 0.2) is 24.3 Å². The minimum Gasteiger partial charge on any atom is -0.396 e. The van der Waals surface area contributed by atoms with Crippen LogP contribution < -0.4 is 10.2 Å². The fraction of sp³-hybridized carbons (Fsp3) is 0.500. The fourth-order valence-electron chi connectivity index (χ4n) is 2.29. The topological polar surface area (TPSA) is 52.6 Å². The number of hydrogen-bond donors (Lipinski definition) is 2. The van der Waals surface area contributed by atoms with Crippen molar-refractivity contribution in [3.05, 3.63) is 30.1 Å². The van der Waals surface area contributed by atoms with E-state index in [1.54, 1.807) is 17.0 Å². The first-order chi connectivity index (χ1) is 9.11. The molecule has 0 spiro atoms. The standard InChI is InChI=1S/C14H19FN2O2/c1-10-8-16-13(6-7-18)14(19)17(9-10)12-4-2-11(15)3-5-12/h2-5,10,13,16,18H,6-9H2,1H3. The Morgan fingerprint density at radius 2 is 2.11 bits per heavy atom. The number of aliphatic hydroxyl groups is 1. The van der Waals surface area contributed by atoms with Crippen LogP contribution in [0.25, 0.3) is 0 Å². The Labute approximate surface area is 112 Å². The van der Waals surface area contributed by atoms with Gasteiger partial charge in [-0.05, 0) is 36.6 Å². The number of nitrogens with zero attached hydrogens (tertiary/aromatic N) is 1. The van der Waals surface area contributed by atoms with Gasteiger partial charge in [0.25, 0.3) is 0 Å². The number of anilines is 1. The minimum atomic E-state index is -0.375. The minimum absolute atomic E-state index is 0.0327. The van der Waals surface area contributed by atoms with Gasteiger partial charge in [0.15, 0.2) is 0 Å². The number of aliphatic hydroxyl groups excluding tert-OH is 1. The third kappa shape index (κ3) is 3.30. The number of benzene rings is 1. The van der Waals surface area contributed by atoms with E-state index in [1.165, 1.54) is 12.1 Å². The lowest BCUT2D eigenvalue weighted by atomic mass is 10.1. The molecule has 1 aromatic rings. The van der Waals surface area contributed by atoms with Gasteiger partial charge in [-0.3, -0.25) is 4.79 Å². The zero-order valence-electron chi connectivity index (χ0n) is 11.0. The highest BCUT2D eigenvalue weighted by molar-refractivity contribution is 5.97. The van der Waals surface area contributed by atoms with E-state index in [-0.39, 0.29) is 24.4 Å². The van der Waals surface area contributed by atoms with Crippen LogP contribution in [-0.2, 0) is 4.79 Å². The van der Waals surface area contributed by atoms with Crippen molar-refractivity contribution in [2.45, 2.75) is 19.4 Å². The highest BCUT2D eigenvalue weighted by Gasteiger charge is 2.29. The summed E-state index contributed by atoms with van der Waals surface area (Å²) >= 11 is 0. The van der Waals surface area contributed by atoms with Crippen molar-refractivity contribution in [3.8, 4) is 0 Å². The molecule has 1 amide bonds. The van der Waals surface area contributed by atoms with E-state index in [4.69, 9.17) is 5.11 Å². The van der Waals surface area contributed by atoms with Gasteiger partial charge in [-0.1, -0.05) is 6.92 Å². The lowest BCUT2D eigenvalue weighted by Crippen LogP contribution is -2.44. The van der Waals surface area contributed by atoms with Gasteiger partial charge in [0, 0.05) is 25.4 Å². The Morgan fingerprint density at radius 1 is 1.42 bits per heavy atom. The second kappa shape index (κ2) is 6.12. The van der Waals surface area contributed by atoms with Gasteiger partial charge in [-0.25, -0.2) is 4.39 Å². The SMILES string of the molecule is CC1CNC(CCO)C(=O)N(c2ccc(F)cc2)C1. The van der Waals surface area contributed by atoms with Crippen LogP contribution in [0.4, 0.5) is 10.1 Å². The van der Waals surface area contributed by atoms with Crippen molar-refractivity contribution in [3.63, 3.8) is 0 Å². The lowest BCUT2D eigenvalue weighted by molar-refractivity contribution is -0.120. The van der Waals surface area contributed by atoms with Crippen molar-refractivity contribution in [1.82, 2.24) is 5.32 Å². The number of carbonyl (C=O) groups is 1. The van der Waals surface area contributed by atoms with Gasteiger partial charge in [0.1, 0.15) is 5.82 Å². The summed E-state index contributed by atoms with van der Waals surface area (Å²) in [6.45, 7) is 3.35. The van der Waals surface area contributed by atoms with Crippen LogP contribution in [0.2, 0.25) is 0 Å². The third-order valence-corrected chi connectivity index (χ3v) is 3.33. The monoisotopic (exact) mass is 266 g/mol. The van der Waals surface area contributed by atoms with E-state index >= 15 is 0 Å². The van der Waals surface area contributed by atoms with Crippen LogP contribution >= 0.6 is 0 Å². The lowest BCUT2D eigenvalue weighted by Gasteiger charge is -2.25. The Kier molecular flexibility index (Phi) is 4.50. The molecule has 1 fully saturated rings. The maximum atomic E-state index is 13.0. The predicted molar refractivity (Wildman–Crippen MR) is 71.4 cm³/mol. The quantitative estimate of drug-likeness (QED) is 0.863. The second-order valence-corrected chi connectivity index (χ2v) is 5.00. The zero-order chi connectivity index (χ0) is 13.8. The number of nitrogens with one attached hydrogen (secondary N) is 1. The van der Waals surface area contributed by atoms with E-state index in [1.807, 2.05) is 0 Å². The summed E-state index contributed by atoms with van der Waals surface area (Å²) in [4.78, 5) is 14.1. The molecule has 1 aromatic carbocycles. The van der Waals surface area contributed by atoms with E-state index in [0.717, 1.165) is 6.54 Å². The van der Waals surface area contributed by atoms with E-state index in [2.05, 4.69) is 12.2 Å². The molecule has 5 heteroatoms. The first-order valence-corrected chi connectivity index (χ1v) is 6.53. The van der Waals surface area contributed by atoms with Crippen molar-refractivity contribution in [1.29, 1.82) is 0 Å². The Bertz CT molecular complexity index is 436. The van der Waals surface area contributed by atoms with Crippen LogP contribution in [-0.4, -0.2) is 36.8 Å². The average Bonchev–Trinajstić information content (AvgIpc) is 2.53. The number of carbonyl (C=O) groups excluding carboxylic acids is 1. The molecule has 0 bridgehead atoms. The zero-order valence-corrected chi connectivity index (χ0v) is 11.0. The van der Waals surface area contributed by atoms with Crippen LogP contribution in [0.3, 0.4) is 0 Å². The summed E-state index contributed by atoms with van der Waals surface area (Å²) < 4.78 is 13.0. The van der Waals surface area contributed by atoms with E-state index < -0.39 is 0 Å². The molecule has 1 aliphatic heterocycles. The van der Waals surface area contributed by atoms with Gasteiger partial charge in [0.05, 0.1) is 6.04 Å². The van der Waals surface area contributed by atoms with E-state index in [0.29, 0.717) is 24.6 Å². The molecule has 0 aromatic heterocycles. The summed E-state index contributed by atoms with van der Waals surface area (Å²) in [5.41, 5.74) is 0.699. The summed E-state index contributed by atoms with van der Waals surface area (Å²) in [7, 11) is 0. The van der Waals surface area contributed by atoms with Crippen molar-refractivity contribution < 1.29 is 14.3 Å². The second-order valence-electron chi connectivity index (χ2n) is 5.00. The predicted octanol–water partition coefficient (Wildman–Crippen LogP) is 1.15. The normalized spacial score (nSPS) is 24.4. The number of amides is 1. The average molecular weight is 266 g/mol. The summed E-state index contributed by atoms with van der Waals surface area (Å²) in [6.07, 6.45) is 0.392. The Balaban J connectivity index is 2.24. The summed E-state index contributed by atoms with van der Waals surface area (Å²) in [5, 5.41) is 12.2. The third-order valence-electron chi connectivity index (χ3n) is 3.33. The molecule has 1 aliphatic rings. The van der Waals surface area contributed by atoms with Gasteiger partial charge < -0.3 is 15.3 Å². The van der Waals surface area contributed by atoms with Gasteiger partial charge in [0.2, 0.25) is 5.91 Å². The summed E-state index contributed by atoms with van der Waals surface area (Å²) in [5.74, 6) is -0.0770. The van der Waals surface area contributed by atoms with Gasteiger partial charge in [-0.2, -0.15) is 0 Å². The molecule has 0 aliphatic carbocycles. The molecule has 19 heavy (non-hydrogen) atoms. The van der Waals surface area contributed by atoms with Crippen LogP contribution in [0, 0.1) is 11.7 Å². The van der Waals surface area contributed by atoms with Crippen LogP contribution in [0.5, 0.6) is 0 Å². The van der Waals surface area contributed by atoms with Crippen molar-refractivity contribution >= 4 is 11.6 Å². The first-order valence-electron chi connectivity index (χ1n) is 6.53. The number of halogens is 1. The van der Waals surface area contributed by atoms with Gasteiger partial charge in [-0.15, -0.1) is 0 Å². The molecule has 2 rings (SSSR count). The first kappa shape index (κ1) is 14.0. The molecule has 4 nitrogen and oxygen atoms in total. The van der Waals surface area contributed by atoms with Gasteiger partial charge >= 0.3 is 0 Å². The number of rotatable bonds is 3. The molecule has 0 saturated carbocycles. The molecule has 104 valence electrons. The molecule has 1 saturated heterocycles. The molecule has 0 radical (unpaired) electrons. The fourth-order valence-corrected chi connectivity index (χ4v) is 2.29. The molecular formula is C14H19FN2O2. The molecule has 2 N–H and O–H groups in total. The molecule has 1 heterocycles. The van der Waals surface area contributed by atoms with Crippen molar-refractivity contribution in [2.24, 2.45) is 5.92 Å². The van der Waals surface area contributed by atoms with Crippen LogP contribution in [0.1, 0.15) is 13.3 Å².